The average molecular weight is 306 g/mol. The Balaban J connectivity index is 2.45. The summed E-state index contributed by atoms with van der Waals surface area (Å²) in [5, 5.41) is 9.85. The fraction of sp³-hybridized carbons (Fsp3) is 0.700. The zero-order valence-corrected chi connectivity index (χ0v) is 14.7. The number of hydrogen-bond donors (Lipinski definition) is 2. The molecule has 126 valence electrons. The molecule has 0 aliphatic carbocycles. The predicted octanol–water partition coefficient (Wildman–Crippen LogP) is 6.00. The standard InChI is InChI=1S/C20H35NO/c1-3-5-7-8-9-10-12-13-17-15-16-19(22)20(21)18(17)14-11-6-4-2/h15-16,22H,3-14,21H2,1-2H3. The van der Waals surface area contributed by atoms with Crippen LogP contribution >= 0.6 is 0 Å². The zero-order chi connectivity index (χ0) is 16.2. The first-order chi connectivity index (χ1) is 10.7. The summed E-state index contributed by atoms with van der Waals surface area (Å²) in [5.41, 5.74) is 9.25. The van der Waals surface area contributed by atoms with E-state index in [9.17, 15) is 5.11 Å². The molecular weight excluding hydrogens is 270 g/mol. The third kappa shape index (κ3) is 6.72. The van der Waals surface area contributed by atoms with Gasteiger partial charge in [-0.2, -0.15) is 0 Å². The number of benzene rings is 1. The molecule has 1 aromatic rings. The van der Waals surface area contributed by atoms with Gasteiger partial charge < -0.3 is 10.8 Å². The van der Waals surface area contributed by atoms with Gasteiger partial charge in [-0.05, 0) is 42.9 Å². The van der Waals surface area contributed by atoms with E-state index in [-0.39, 0.29) is 5.75 Å². The van der Waals surface area contributed by atoms with E-state index >= 15 is 0 Å². The summed E-state index contributed by atoms with van der Waals surface area (Å²) in [4.78, 5) is 0. The number of nitrogen functional groups attached to an aromatic ring is 1. The van der Waals surface area contributed by atoms with Crippen LogP contribution in [0.15, 0.2) is 12.1 Å². The Hall–Kier alpha value is -1.18. The van der Waals surface area contributed by atoms with Crippen molar-refractivity contribution in [2.75, 3.05) is 5.73 Å². The van der Waals surface area contributed by atoms with Crippen molar-refractivity contribution in [1.82, 2.24) is 0 Å². The van der Waals surface area contributed by atoms with E-state index in [0.29, 0.717) is 5.69 Å². The molecule has 1 aromatic carbocycles. The van der Waals surface area contributed by atoms with Gasteiger partial charge in [-0.1, -0.05) is 71.3 Å². The summed E-state index contributed by atoms with van der Waals surface area (Å²) in [6.07, 6.45) is 15.0. The second-order valence-electron chi connectivity index (χ2n) is 6.46. The van der Waals surface area contributed by atoms with Crippen LogP contribution in [0.1, 0.15) is 89.2 Å². The van der Waals surface area contributed by atoms with E-state index in [4.69, 9.17) is 5.73 Å². The lowest BCUT2D eigenvalue weighted by atomic mass is 9.95. The molecule has 1 rings (SSSR count). The van der Waals surface area contributed by atoms with Gasteiger partial charge in [-0.15, -0.1) is 0 Å². The van der Waals surface area contributed by atoms with Gasteiger partial charge in [0.1, 0.15) is 5.75 Å². The average Bonchev–Trinajstić information content (AvgIpc) is 2.52. The second-order valence-corrected chi connectivity index (χ2v) is 6.46. The maximum atomic E-state index is 9.85. The minimum Gasteiger partial charge on any atom is -0.506 e. The highest BCUT2D eigenvalue weighted by molar-refractivity contribution is 5.60. The summed E-state index contributed by atoms with van der Waals surface area (Å²) in [6, 6.07) is 3.83. The number of rotatable bonds is 12. The van der Waals surface area contributed by atoms with Crippen LogP contribution in [0, 0.1) is 0 Å². The summed E-state index contributed by atoms with van der Waals surface area (Å²) in [6.45, 7) is 4.47. The number of aryl methyl sites for hydroxylation is 1. The Morgan fingerprint density at radius 1 is 0.773 bits per heavy atom. The minimum absolute atomic E-state index is 0.245. The smallest absolute Gasteiger partial charge is 0.138 e. The molecule has 3 N–H and O–H groups in total. The fourth-order valence-corrected chi connectivity index (χ4v) is 3.05. The van der Waals surface area contributed by atoms with E-state index < -0.39 is 0 Å². The molecule has 0 aromatic heterocycles. The molecule has 2 heteroatoms. The van der Waals surface area contributed by atoms with Gasteiger partial charge in [0.25, 0.3) is 0 Å². The van der Waals surface area contributed by atoms with Gasteiger partial charge in [-0.3, -0.25) is 0 Å². The highest BCUT2D eigenvalue weighted by atomic mass is 16.3. The molecule has 0 fully saturated rings. The van der Waals surface area contributed by atoms with Crippen LogP contribution in [-0.2, 0) is 12.8 Å². The molecular formula is C20H35NO. The third-order valence-corrected chi connectivity index (χ3v) is 4.51. The lowest BCUT2D eigenvalue weighted by Crippen LogP contribution is -2.01. The molecule has 0 saturated carbocycles. The Morgan fingerprint density at radius 2 is 1.32 bits per heavy atom. The van der Waals surface area contributed by atoms with Gasteiger partial charge in [-0.25, -0.2) is 0 Å². The SMILES string of the molecule is CCCCCCCCCc1ccc(O)c(N)c1CCCCC. The molecule has 0 saturated heterocycles. The molecule has 0 aliphatic heterocycles. The summed E-state index contributed by atoms with van der Waals surface area (Å²) < 4.78 is 0. The second kappa shape index (κ2) is 11.4. The Morgan fingerprint density at radius 3 is 2.00 bits per heavy atom. The van der Waals surface area contributed by atoms with Crippen molar-refractivity contribution in [3.8, 4) is 5.75 Å². The van der Waals surface area contributed by atoms with Crippen LogP contribution in [-0.4, -0.2) is 5.11 Å². The van der Waals surface area contributed by atoms with Crippen molar-refractivity contribution in [3.63, 3.8) is 0 Å². The van der Waals surface area contributed by atoms with Crippen LogP contribution in [0.2, 0.25) is 0 Å². The topological polar surface area (TPSA) is 46.2 Å². The molecule has 0 bridgehead atoms. The van der Waals surface area contributed by atoms with Crippen molar-refractivity contribution in [2.24, 2.45) is 0 Å². The summed E-state index contributed by atoms with van der Waals surface area (Å²) in [5.74, 6) is 0.245. The summed E-state index contributed by atoms with van der Waals surface area (Å²) >= 11 is 0. The number of unbranched alkanes of at least 4 members (excludes halogenated alkanes) is 8. The van der Waals surface area contributed by atoms with E-state index in [0.717, 1.165) is 19.3 Å². The van der Waals surface area contributed by atoms with E-state index in [1.54, 1.807) is 6.07 Å². The monoisotopic (exact) mass is 305 g/mol. The first kappa shape index (κ1) is 18.9. The van der Waals surface area contributed by atoms with Crippen LogP contribution in [0.4, 0.5) is 5.69 Å². The van der Waals surface area contributed by atoms with Gasteiger partial charge >= 0.3 is 0 Å². The number of aromatic hydroxyl groups is 1. The number of hydrogen-bond acceptors (Lipinski definition) is 2. The molecule has 0 spiro atoms. The minimum atomic E-state index is 0.245. The van der Waals surface area contributed by atoms with E-state index in [1.807, 2.05) is 0 Å². The van der Waals surface area contributed by atoms with Crippen molar-refractivity contribution < 1.29 is 5.11 Å². The summed E-state index contributed by atoms with van der Waals surface area (Å²) in [7, 11) is 0. The molecule has 22 heavy (non-hydrogen) atoms. The number of phenolic OH excluding ortho intramolecular Hbond substituents is 1. The molecule has 0 unspecified atom stereocenters. The van der Waals surface area contributed by atoms with Crippen LogP contribution in [0.3, 0.4) is 0 Å². The number of nitrogens with two attached hydrogens (primary N) is 1. The zero-order valence-electron chi connectivity index (χ0n) is 14.7. The Kier molecular flexibility index (Phi) is 9.77. The van der Waals surface area contributed by atoms with Crippen molar-refractivity contribution in [1.29, 1.82) is 0 Å². The predicted molar refractivity (Wildman–Crippen MR) is 97.4 cm³/mol. The van der Waals surface area contributed by atoms with Crippen LogP contribution in [0.25, 0.3) is 0 Å². The van der Waals surface area contributed by atoms with Gasteiger partial charge in [0, 0.05) is 0 Å². The molecule has 0 atom stereocenters. The Bertz CT molecular complexity index is 414. The van der Waals surface area contributed by atoms with Crippen LogP contribution in [0.5, 0.6) is 5.75 Å². The third-order valence-electron chi connectivity index (χ3n) is 4.51. The van der Waals surface area contributed by atoms with Crippen molar-refractivity contribution in [2.45, 2.75) is 90.9 Å². The highest BCUT2D eigenvalue weighted by Crippen LogP contribution is 2.30. The van der Waals surface area contributed by atoms with Crippen LogP contribution < -0.4 is 5.73 Å². The molecule has 0 aliphatic rings. The lowest BCUT2D eigenvalue weighted by Gasteiger charge is -2.14. The quantitative estimate of drug-likeness (QED) is 0.282. The van der Waals surface area contributed by atoms with Gasteiger partial charge in [0.15, 0.2) is 0 Å². The number of anilines is 1. The normalized spacial score (nSPS) is 11.0. The maximum Gasteiger partial charge on any atom is 0.138 e. The van der Waals surface area contributed by atoms with E-state index in [1.165, 1.54) is 68.9 Å². The first-order valence-corrected chi connectivity index (χ1v) is 9.29. The first-order valence-electron chi connectivity index (χ1n) is 9.29. The largest absolute Gasteiger partial charge is 0.506 e. The molecule has 2 nitrogen and oxygen atoms in total. The number of phenols is 1. The van der Waals surface area contributed by atoms with Gasteiger partial charge in [0.2, 0.25) is 0 Å². The molecule has 0 radical (unpaired) electrons. The van der Waals surface area contributed by atoms with Gasteiger partial charge in [0.05, 0.1) is 5.69 Å². The van der Waals surface area contributed by atoms with Crippen molar-refractivity contribution >= 4 is 5.69 Å². The molecule has 0 amide bonds. The van der Waals surface area contributed by atoms with E-state index in [2.05, 4.69) is 19.9 Å². The highest BCUT2D eigenvalue weighted by Gasteiger charge is 2.10. The Labute approximate surface area is 137 Å². The lowest BCUT2D eigenvalue weighted by molar-refractivity contribution is 0.476. The van der Waals surface area contributed by atoms with Crippen molar-refractivity contribution in [3.05, 3.63) is 23.3 Å². The molecule has 0 heterocycles. The fourth-order valence-electron chi connectivity index (χ4n) is 3.05. The maximum absolute atomic E-state index is 9.85.